The Balaban J connectivity index is 1.73. The summed E-state index contributed by atoms with van der Waals surface area (Å²) in [5.41, 5.74) is 2.49. The molecule has 0 saturated carbocycles. The van der Waals surface area contributed by atoms with Crippen LogP contribution >= 0.6 is 11.8 Å². The van der Waals surface area contributed by atoms with Gasteiger partial charge in [0.15, 0.2) is 5.78 Å². The van der Waals surface area contributed by atoms with E-state index < -0.39 is 23.9 Å². The average Bonchev–Trinajstić information content (AvgIpc) is 3.41. The van der Waals surface area contributed by atoms with Gasteiger partial charge in [0.2, 0.25) is 11.8 Å². The zero-order valence-corrected chi connectivity index (χ0v) is 24.5. The van der Waals surface area contributed by atoms with Crippen molar-refractivity contribution in [3.8, 4) is 6.07 Å². The molecule has 2 aliphatic rings. The number of ether oxygens (including phenoxy) is 1. The zero-order valence-electron chi connectivity index (χ0n) is 23.7. The summed E-state index contributed by atoms with van der Waals surface area (Å²) >= 11 is 1.59. The predicted octanol–water partition coefficient (Wildman–Crippen LogP) is 3.89. The summed E-state index contributed by atoms with van der Waals surface area (Å²) in [6.07, 6.45) is 1.98. The normalized spacial score (nSPS) is 22.0. The first-order valence-corrected chi connectivity index (χ1v) is 15.2. The van der Waals surface area contributed by atoms with Crippen molar-refractivity contribution in [2.24, 2.45) is 5.92 Å². The van der Waals surface area contributed by atoms with Crippen molar-refractivity contribution in [3.05, 3.63) is 101 Å². The van der Waals surface area contributed by atoms with Gasteiger partial charge in [0.25, 0.3) is 0 Å². The van der Waals surface area contributed by atoms with Crippen LogP contribution in [0, 0.1) is 17.2 Å². The van der Waals surface area contributed by atoms with Gasteiger partial charge in [-0.2, -0.15) is 5.26 Å². The second-order valence-electron chi connectivity index (χ2n) is 10.5. The van der Waals surface area contributed by atoms with Gasteiger partial charge in [-0.3, -0.25) is 14.4 Å². The fraction of sp³-hybridized carbons (Fsp3) is 0.333. The third-order valence-electron chi connectivity index (χ3n) is 8.15. The average molecular weight is 583 g/mol. The maximum absolute atomic E-state index is 14.6. The Labute approximate surface area is 250 Å². The van der Waals surface area contributed by atoms with E-state index in [9.17, 15) is 19.6 Å². The van der Waals surface area contributed by atoms with Crippen molar-refractivity contribution in [2.75, 3.05) is 46.2 Å². The highest BCUT2D eigenvalue weighted by Crippen LogP contribution is 2.51. The highest BCUT2D eigenvalue weighted by atomic mass is 32.2. The van der Waals surface area contributed by atoms with Crippen LogP contribution in [0.5, 0.6) is 0 Å². The lowest BCUT2D eigenvalue weighted by atomic mass is 9.76. The minimum absolute atomic E-state index is 0.142. The first-order valence-electron chi connectivity index (χ1n) is 14.0. The second-order valence-corrected chi connectivity index (χ2v) is 11.4. The summed E-state index contributed by atoms with van der Waals surface area (Å²) in [4.78, 5) is 47.5. The number of hydrogen-bond acceptors (Lipinski definition) is 7. The third-order valence-corrected chi connectivity index (χ3v) is 8.89. The third kappa shape index (κ3) is 5.84. The number of methoxy groups -OCH3 is 1. The van der Waals surface area contributed by atoms with Crippen molar-refractivity contribution >= 4 is 29.4 Å². The molecule has 2 saturated heterocycles. The van der Waals surface area contributed by atoms with Crippen molar-refractivity contribution in [1.29, 1.82) is 5.26 Å². The number of nitrogens with zero attached hydrogens (tertiary/aromatic N) is 3. The lowest BCUT2D eigenvalue weighted by molar-refractivity contribution is -0.148. The number of nitrogens with one attached hydrogen (secondary N) is 1. The van der Waals surface area contributed by atoms with Crippen molar-refractivity contribution in [1.82, 2.24) is 15.1 Å². The molecule has 8 nitrogen and oxygen atoms in total. The first-order chi connectivity index (χ1) is 20.5. The molecule has 0 radical (unpaired) electrons. The van der Waals surface area contributed by atoms with Gasteiger partial charge in [-0.1, -0.05) is 54.6 Å². The van der Waals surface area contributed by atoms with E-state index in [2.05, 4.69) is 11.4 Å². The number of piperazine rings is 1. The molecule has 0 spiro atoms. The standard InChI is InChI=1S/C33H34N4O4S/c1-41-21-27(38)37-30(24-10-8-22(20-34)9-11-24)29(32(39)25-12-14-26(42-2)15-13-25)28(23-6-4-3-5-7-23)31(37)33(40)36-18-16-35-17-19-36/h3-15,28-31,35H,16-19,21H2,1-2H3. The van der Waals surface area contributed by atoms with E-state index in [1.54, 1.807) is 45.8 Å². The summed E-state index contributed by atoms with van der Waals surface area (Å²) in [6, 6.07) is 24.4. The smallest absolute Gasteiger partial charge is 0.249 e. The largest absolute Gasteiger partial charge is 0.375 e. The Bertz CT molecular complexity index is 1450. The molecule has 3 aromatic rings. The number of benzene rings is 3. The molecular weight excluding hydrogens is 548 g/mol. The molecule has 2 fully saturated rings. The number of carbonyl (C=O) groups is 3. The van der Waals surface area contributed by atoms with E-state index in [1.807, 2.05) is 60.9 Å². The topological polar surface area (TPSA) is 103 Å². The first kappa shape index (κ1) is 29.5. The molecule has 5 rings (SSSR count). The SMILES string of the molecule is COCC(=O)N1C(C(=O)N2CCNCC2)C(c2ccccc2)C(C(=O)c2ccc(SC)cc2)C1c1ccc(C#N)cc1. The number of Topliss-reactive ketones (excluding diaryl/α,β-unsaturated/α-hetero) is 1. The van der Waals surface area contributed by atoms with Crippen LogP contribution in [0.1, 0.15) is 39.0 Å². The Morgan fingerprint density at radius 1 is 0.952 bits per heavy atom. The van der Waals surface area contributed by atoms with Gasteiger partial charge in [-0.05, 0) is 41.6 Å². The number of amides is 2. The van der Waals surface area contributed by atoms with E-state index in [4.69, 9.17) is 4.74 Å². The molecule has 0 aromatic heterocycles. The summed E-state index contributed by atoms with van der Waals surface area (Å²) in [5, 5.41) is 12.7. The summed E-state index contributed by atoms with van der Waals surface area (Å²) in [6.45, 7) is 2.11. The molecule has 4 unspecified atom stereocenters. The van der Waals surface area contributed by atoms with Crippen LogP contribution in [0.2, 0.25) is 0 Å². The molecule has 2 aliphatic heterocycles. The fourth-order valence-electron chi connectivity index (χ4n) is 6.21. The van der Waals surface area contributed by atoms with Crippen molar-refractivity contribution in [2.45, 2.75) is 22.9 Å². The van der Waals surface area contributed by atoms with Crippen LogP contribution in [0.4, 0.5) is 0 Å². The Hall–Kier alpha value is -3.97. The maximum atomic E-state index is 14.6. The van der Waals surface area contributed by atoms with E-state index in [0.717, 1.165) is 10.5 Å². The van der Waals surface area contributed by atoms with Crippen LogP contribution in [0.15, 0.2) is 83.8 Å². The summed E-state index contributed by atoms with van der Waals surface area (Å²) in [5.74, 6) is -2.06. The van der Waals surface area contributed by atoms with Crippen LogP contribution in [0.25, 0.3) is 0 Å². The maximum Gasteiger partial charge on any atom is 0.249 e. The van der Waals surface area contributed by atoms with Gasteiger partial charge in [-0.15, -0.1) is 11.8 Å². The molecule has 9 heteroatoms. The van der Waals surface area contributed by atoms with E-state index in [1.165, 1.54) is 7.11 Å². The number of thioether (sulfide) groups is 1. The van der Waals surface area contributed by atoms with Crippen LogP contribution in [0.3, 0.4) is 0 Å². The minimum Gasteiger partial charge on any atom is -0.375 e. The Morgan fingerprint density at radius 3 is 2.21 bits per heavy atom. The van der Waals surface area contributed by atoms with Crippen molar-refractivity contribution in [3.63, 3.8) is 0 Å². The summed E-state index contributed by atoms with van der Waals surface area (Å²) < 4.78 is 5.30. The Morgan fingerprint density at radius 2 is 1.62 bits per heavy atom. The van der Waals surface area contributed by atoms with Gasteiger partial charge in [0.05, 0.1) is 23.6 Å². The second kappa shape index (κ2) is 13.3. The quantitative estimate of drug-likeness (QED) is 0.318. The van der Waals surface area contributed by atoms with Gasteiger partial charge >= 0.3 is 0 Å². The number of rotatable bonds is 8. The Kier molecular flexibility index (Phi) is 9.38. The molecule has 216 valence electrons. The molecule has 42 heavy (non-hydrogen) atoms. The number of likely N-dealkylation sites (tertiary alicyclic amines) is 1. The number of hydrogen-bond donors (Lipinski definition) is 1. The molecule has 0 aliphatic carbocycles. The predicted molar refractivity (Wildman–Crippen MR) is 161 cm³/mol. The van der Waals surface area contributed by atoms with Crippen LogP contribution in [-0.2, 0) is 14.3 Å². The molecule has 0 bridgehead atoms. The lowest BCUT2D eigenvalue weighted by Gasteiger charge is -2.36. The zero-order chi connectivity index (χ0) is 29.6. The van der Waals surface area contributed by atoms with Gasteiger partial charge in [0.1, 0.15) is 12.6 Å². The van der Waals surface area contributed by atoms with Gasteiger partial charge in [0, 0.05) is 49.7 Å². The number of ketones is 1. The summed E-state index contributed by atoms with van der Waals surface area (Å²) in [7, 11) is 1.45. The number of carbonyl (C=O) groups excluding carboxylic acids is 3. The fourth-order valence-corrected chi connectivity index (χ4v) is 6.62. The van der Waals surface area contributed by atoms with Gasteiger partial charge < -0.3 is 19.9 Å². The highest BCUT2D eigenvalue weighted by molar-refractivity contribution is 7.98. The van der Waals surface area contributed by atoms with Gasteiger partial charge in [-0.25, -0.2) is 0 Å². The minimum atomic E-state index is -0.923. The van der Waals surface area contributed by atoms with Crippen LogP contribution in [-0.4, -0.2) is 79.6 Å². The monoisotopic (exact) mass is 582 g/mol. The molecular formula is C33H34N4O4S. The highest BCUT2D eigenvalue weighted by Gasteiger charge is 2.58. The lowest BCUT2D eigenvalue weighted by Crippen LogP contribution is -2.55. The molecule has 4 atom stereocenters. The molecule has 2 amide bonds. The van der Waals surface area contributed by atoms with E-state index in [0.29, 0.717) is 42.9 Å². The molecule has 2 heterocycles. The van der Waals surface area contributed by atoms with Crippen LogP contribution < -0.4 is 5.32 Å². The van der Waals surface area contributed by atoms with E-state index >= 15 is 0 Å². The number of nitriles is 1. The molecule has 3 aromatic carbocycles. The van der Waals surface area contributed by atoms with E-state index in [-0.39, 0.29) is 24.2 Å². The van der Waals surface area contributed by atoms with Crippen molar-refractivity contribution < 1.29 is 19.1 Å². The molecule has 1 N–H and O–H groups in total.